The van der Waals surface area contributed by atoms with Crippen LogP contribution in [0.25, 0.3) is 16.9 Å². The summed E-state index contributed by atoms with van der Waals surface area (Å²) >= 11 is 0. The van der Waals surface area contributed by atoms with Crippen molar-refractivity contribution in [1.29, 1.82) is 0 Å². The van der Waals surface area contributed by atoms with Crippen molar-refractivity contribution in [2.75, 3.05) is 65.6 Å². The van der Waals surface area contributed by atoms with E-state index in [0.717, 1.165) is 11.4 Å². The number of esters is 1. The summed E-state index contributed by atoms with van der Waals surface area (Å²) in [5.74, 6) is 1.38. The SMILES string of the molecule is CNCC(O)COc1cc(OC)cc(-c2cc(N3CCOCC3)n3ncc(C(=O)OC)c3n2)c1. The van der Waals surface area contributed by atoms with Gasteiger partial charge in [-0.25, -0.2) is 9.78 Å². The lowest BCUT2D eigenvalue weighted by Crippen LogP contribution is -2.37. The van der Waals surface area contributed by atoms with Crippen LogP contribution in [0.2, 0.25) is 0 Å². The molecule has 11 nitrogen and oxygen atoms in total. The number of aromatic nitrogens is 3. The first-order valence-electron chi connectivity index (χ1n) is 11.0. The molecule has 0 radical (unpaired) electrons. The maximum Gasteiger partial charge on any atom is 0.343 e. The molecule has 2 aromatic heterocycles. The lowest BCUT2D eigenvalue weighted by molar-refractivity contribution is 0.0602. The van der Waals surface area contributed by atoms with E-state index in [1.807, 2.05) is 18.2 Å². The van der Waals surface area contributed by atoms with Crippen LogP contribution in [0.1, 0.15) is 10.4 Å². The van der Waals surface area contributed by atoms with Crippen molar-refractivity contribution in [2.45, 2.75) is 6.10 Å². The minimum Gasteiger partial charge on any atom is -0.497 e. The molecular formula is C23H29N5O6. The van der Waals surface area contributed by atoms with E-state index in [4.69, 9.17) is 23.9 Å². The van der Waals surface area contributed by atoms with Gasteiger partial charge in [-0.1, -0.05) is 0 Å². The van der Waals surface area contributed by atoms with Crippen molar-refractivity contribution in [2.24, 2.45) is 0 Å². The van der Waals surface area contributed by atoms with E-state index >= 15 is 0 Å². The Balaban J connectivity index is 1.79. The van der Waals surface area contributed by atoms with Gasteiger partial charge in [0.05, 0.1) is 39.3 Å². The van der Waals surface area contributed by atoms with Crippen LogP contribution >= 0.6 is 0 Å². The molecule has 3 heterocycles. The summed E-state index contributed by atoms with van der Waals surface area (Å²) < 4.78 is 23.3. The van der Waals surface area contributed by atoms with Crippen molar-refractivity contribution in [3.05, 3.63) is 36.0 Å². The van der Waals surface area contributed by atoms with E-state index in [-0.39, 0.29) is 12.2 Å². The summed E-state index contributed by atoms with van der Waals surface area (Å²) in [5.41, 5.74) is 2.00. The summed E-state index contributed by atoms with van der Waals surface area (Å²) in [7, 11) is 4.66. The molecule has 1 saturated heterocycles. The minimum atomic E-state index is -0.656. The molecule has 0 amide bonds. The van der Waals surface area contributed by atoms with Crippen LogP contribution in [0.4, 0.5) is 5.82 Å². The molecule has 0 bridgehead atoms. The molecule has 1 atom stereocenters. The minimum absolute atomic E-state index is 0.119. The third-order valence-corrected chi connectivity index (χ3v) is 5.49. The Bertz CT molecular complexity index is 1140. The molecule has 0 spiro atoms. The molecule has 11 heteroatoms. The number of hydrogen-bond acceptors (Lipinski definition) is 10. The van der Waals surface area contributed by atoms with Gasteiger partial charge in [0.25, 0.3) is 0 Å². The number of benzene rings is 1. The van der Waals surface area contributed by atoms with E-state index in [1.165, 1.54) is 13.3 Å². The number of fused-ring (bicyclic) bond motifs is 1. The van der Waals surface area contributed by atoms with E-state index in [1.54, 1.807) is 24.7 Å². The number of likely N-dealkylation sites (N-methyl/N-ethyl adjacent to an activating group) is 1. The number of hydrogen-bond donors (Lipinski definition) is 2. The number of ether oxygens (including phenoxy) is 4. The number of carbonyl (C=O) groups is 1. The summed E-state index contributed by atoms with van der Waals surface area (Å²) in [4.78, 5) is 19.2. The molecule has 1 aromatic carbocycles. The molecule has 34 heavy (non-hydrogen) atoms. The number of carbonyl (C=O) groups excluding carboxylic acids is 1. The Labute approximate surface area is 197 Å². The van der Waals surface area contributed by atoms with Crippen LogP contribution in [0, 0.1) is 0 Å². The maximum atomic E-state index is 12.4. The fourth-order valence-electron chi connectivity index (χ4n) is 3.77. The molecule has 0 aliphatic carbocycles. The van der Waals surface area contributed by atoms with Crippen LogP contribution < -0.4 is 19.7 Å². The van der Waals surface area contributed by atoms with Crippen molar-refractivity contribution in [3.63, 3.8) is 0 Å². The predicted octanol–water partition coefficient (Wildman–Crippen LogP) is 0.987. The molecule has 1 unspecified atom stereocenters. The number of rotatable bonds is 9. The zero-order valence-electron chi connectivity index (χ0n) is 19.5. The Morgan fingerprint density at radius 3 is 2.68 bits per heavy atom. The second-order valence-corrected chi connectivity index (χ2v) is 7.80. The molecule has 1 fully saturated rings. The number of aliphatic hydroxyl groups is 1. The van der Waals surface area contributed by atoms with E-state index < -0.39 is 12.1 Å². The molecule has 0 saturated carbocycles. The monoisotopic (exact) mass is 471 g/mol. The summed E-state index contributed by atoms with van der Waals surface area (Å²) in [5, 5.41) is 17.3. The Morgan fingerprint density at radius 1 is 1.21 bits per heavy atom. The Kier molecular flexibility index (Phi) is 7.46. The van der Waals surface area contributed by atoms with Crippen LogP contribution in [0.15, 0.2) is 30.5 Å². The van der Waals surface area contributed by atoms with Gasteiger partial charge in [-0.3, -0.25) is 0 Å². The Hall–Kier alpha value is -3.41. The quantitative estimate of drug-likeness (QED) is 0.437. The van der Waals surface area contributed by atoms with Gasteiger partial charge in [-0.05, 0) is 19.2 Å². The molecule has 182 valence electrons. The fourth-order valence-corrected chi connectivity index (χ4v) is 3.77. The smallest absolute Gasteiger partial charge is 0.343 e. The molecular weight excluding hydrogens is 442 g/mol. The first-order valence-corrected chi connectivity index (χ1v) is 11.0. The average Bonchev–Trinajstić information content (AvgIpc) is 3.31. The van der Waals surface area contributed by atoms with Gasteiger partial charge in [0, 0.05) is 37.3 Å². The van der Waals surface area contributed by atoms with E-state index in [9.17, 15) is 9.90 Å². The highest BCUT2D eigenvalue weighted by molar-refractivity contribution is 5.96. The third-order valence-electron chi connectivity index (χ3n) is 5.49. The second kappa shape index (κ2) is 10.7. The lowest BCUT2D eigenvalue weighted by atomic mass is 10.1. The number of nitrogens with zero attached hydrogens (tertiary/aromatic N) is 4. The van der Waals surface area contributed by atoms with Crippen molar-refractivity contribution in [1.82, 2.24) is 19.9 Å². The Morgan fingerprint density at radius 2 is 1.97 bits per heavy atom. The van der Waals surface area contributed by atoms with Crippen molar-refractivity contribution >= 4 is 17.4 Å². The number of morpholine rings is 1. The van der Waals surface area contributed by atoms with Crippen LogP contribution in [0.3, 0.4) is 0 Å². The summed E-state index contributed by atoms with van der Waals surface area (Å²) in [6.07, 6.45) is 0.807. The maximum absolute atomic E-state index is 12.4. The van der Waals surface area contributed by atoms with Crippen LogP contribution in [0.5, 0.6) is 11.5 Å². The zero-order valence-corrected chi connectivity index (χ0v) is 19.5. The molecule has 1 aliphatic heterocycles. The van der Waals surface area contributed by atoms with Crippen molar-refractivity contribution < 1.29 is 28.8 Å². The number of aliphatic hydroxyl groups excluding tert-OH is 1. The van der Waals surface area contributed by atoms with E-state index in [0.29, 0.717) is 55.7 Å². The zero-order chi connectivity index (χ0) is 24.1. The number of methoxy groups -OCH3 is 2. The largest absolute Gasteiger partial charge is 0.497 e. The first kappa shape index (κ1) is 23.7. The van der Waals surface area contributed by atoms with Gasteiger partial charge >= 0.3 is 5.97 Å². The first-order chi connectivity index (χ1) is 16.5. The molecule has 3 aromatic rings. The average molecular weight is 472 g/mol. The second-order valence-electron chi connectivity index (χ2n) is 7.80. The number of nitrogens with one attached hydrogen (secondary N) is 1. The van der Waals surface area contributed by atoms with Gasteiger partial charge in [0.2, 0.25) is 0 Å². The van der Waals surface area contributed by atoms with Crippen LogP contribution in [-0.4, -0.2) is 92.5 Å². The standard InChI is InChI=1S/C23H29N5O6/c1-24-12-16(29)14-34-18-9-15(8-17(10-18)31-2)20-11-21(27-4-6-33-7-5-27)28-22(26-20)19(13-25-28)23(30)32-3/h8-11,13,16,24,29H,4-7,12,14H2,1-3H3. The van der Waals surface area contributed by atoms with Gasteiger partial charge in [-0.15, -0.1) is 0 Å². The van der Waals surface area contributed by atoms with Crippen molar-refractivity contribution in [3.8, 4) is 22.8 Å². The highest BCUT2D eigenvalue weighted by Crippen LogP contribution is 2.32. The van der Waals surface area contributed by atoms with Gasteiger partial charge in [-0.2, -0.15) is 9.61 Å². The van der Waals surface area contributed by atoms with Crippen LogP contribution in [-0.2, 0) is 9.47 Å². The van der Waals surface area contributed by atoms with Gasteiger partial charge < -0.3 is 34.3 Å². The molecule has 4 rings (SSSR count). The van der Waals surface area contributed by atoms with Gasteiger partial charge in [0.1, 0.15) is 35.6 Å². The summed E-state index contributed by atoms with van der Waals surface area (Å²) in [6.45, 7) is 3.08. The molecule has 2 N–H and O–H groups in total. The van der Waals surface area contributed by atoms with E-state index in [2.05, 4.69) is 15.3 Å². The lowest BCUT2D eigenvalue weighted by Gasteiger charge is -2.29. The normalized spacial score (nSPS) is 14.8. The number of anilines is 1. The highest BCUT2D eigenvalue weighted by Gasteiger charge is 2.22. The predicted molar refractivity (Wildman–Crippen MR) is 125 cm³/mol. The molecule has 1 aliphatic rings. The summed E-state index contributed by atoms with van der Waals surface area (Å²) in [6, 6.07) is 7.33. The fraction of sp³-hybridized carbons (Fsp3) is 0.435. The highest BCUT2D eigenvalue weighted by atomic mass is 16.5. The van der Waals surface area contributed by atoms with Gasteiger partial charge in [0.15, 0.2) is 5.65 Å². The third kappa shape index (κ3) is 5.06. The topological polar surface area (TPSA) is 120 Å².